The minimum atomic E-state index is 0.186. The van der Waals surface area contributed by atoms with Crippen LogP contribution in [0.15, 0.2) is 0 Å². The Morgan fingerprint density at radius 1 is 1.33 bits per heavy atom. The molecule has 2 saturated carbocycles. The highest BCUT2D eigenvalue weighted by Gasteiger charge is 2.32. The van der Waals surface area contributed by atoms with Gasteiger partial charge in [-0.15, -0.1) is 0 Å². The molecule has 0 aromatic heterocycles. The molecule has 3 nitrogen and oxygen atoms in total. The summed E-state index contributed by atoms with van der Waals surface area (Å²) in [5, 5.41) is 3.08. The Hall–Kier alpha value is -0.640. The maximum absolute atomic E-state index is 11.6. The first kappa shape index (κ1) is 10.9. The van der Waals surface area contributed by atoms with E-state index < -0.39 is 0 Å². The van der Waals surface area contributed by atoms with Crippen molar-refractivity contribution in [3.8, 4) is 0 Å². The van der Waals surface area contributed by atoms with Crippen LogP contribution in [-0.4, -0.2) is 16.9 Å². The standard InChI is InChI=1S/C11H18N2OS/c12-11(15)8-2-1-3-9(8)13-10(14)6-7-4-5-7/h7-9H,1-6H2,(H2,12,15)(H,13,14). The minimum absolute atomic E-state index is 0.186. The zero-order valence-corrected chi connectivity index (χ0v) is 9.69. The second-order valence-corrected chi connectivity index (χ2v) is 5.23. The van der Waals surface area contributed by atoms with Gasteiger partial charge in [0, 0.05) is 18.4 Å². The summed E-state index contributed by atoms with van der Waals surface area (Å²) < 4.78 is 0. The van der Waals surface area contributed by atoms with Gasteiger partial charge in [-0.05, 0) is 31.6 Å². The summed E-state index contributed by atoms with van der Waals surface area (Å²) in [6.45, 7) is 0. The van der Waals surface area contributed by atoms with Gasteiger partial charge in [0.25, 0.3) is 0 Å². The molecule has 3 N–H and O–H groups in total. The van der Waals surface area contributed by atoms with Crippen LogP contribution in [0.25, 0.3) is 0 Å². The number of carbonyl (C=O) groups is 1. The first-order valence-electron chi connectivity index (χ1n) is 5.75. The Morgan fingerprint density at radius 3 is 2.67 bits per heavy atom. The van der Waals surface area contributed by atoms with Gasteiger partial charge in [0.2, 0.25) is 5.91 Å². The van der Waals surface area contributed by atoms with Gasteiger partial charge in [0.1, 0.15) is 0 Å². The smallest absolute Gasteiger partial charge is 0.220 e. The van der Waals surface area contributed by atoms with E-state index in [1.807, 2.05) is 0 Å². The van der Waals surface area contributed by atoms with Crippen LogP contribution in [0.2, 0.25) is 0 Å². The first-order valence-corrected chi connectivity index (χ1v) is 6.16. The van der Waals surface area contributed by atoms with E-state index in [2.05, 4.69) is 5.32 Å². The van der Waals surface area contributed by atoms with Crippen molar-refractivity contribution in [1.82, 2.24) is 5.32 Å². The molecule has 0 heterocycles. The summed E-state index contributed by atoms with van der Waals surface area (Å²) in [5.74, 6) is 1.06. The molecule has 2 unspecified atom stereocenters. The Morgan fingerprint density at radius 2 is 2.07 bits per heavy atom. The second kappa shape index (κ2) is 4.47. The van der Waals surface area contributed by atoms with Crippen LogP contribution in [0.5, 0.6) is 0 Å². The predicted molar refractivity (Wildman–Crippen MR) is 63.4 cm³/mol. The topological polar surface area (TPSA) is 55.1 Å². The fourth-order valence-electron chi connectivity index (χ4n) is 2.32. The van der Waals surface area contributed by atoms with Gasteiger partial charge in [-0.2, -0.15) is 0 Å². The van der Waals surface area contributed by atoms with Crippen LogP contribution >= 0.6 is 12.2 Å². The summed E-state index contributed by atoms with van der Waals surface area (Å²) in [6, 6.07) is 0.203. The Labute approximate surface area is 95.8 Å². The average molecular weight is 226 g/mol. The average Bonchev–Trinajstić information content (AvgIpc) is 2.82. The van der Waals surface area contributed by atoms with Crippen molar-refractivity contribution in [1.29, 1.82) is 0 Å². The van der Waals surface area contributed by atoms with E-state index >= 15 is 0 Å². The fraction of sp³-hybridized carbons (Fsp3) is 0.818. The van der Waals surface area contributed by atoms with Crippen molar-refractivity contribution < 1.29 is 4.79 Å². The molecule has 2 aliphatic rings. The molecule has 2 aliphatic carbocycles. The van der Waals surface area contributed by atoms with E-state index in [4.69, 9.17) is 18.0 Å². The lowest BCUT2D eigenvalue weighted by Gasteiger charge is -2.19. The van der Waals surface area contributed by atoms with Crippen LogP contribution in [0.4, 0.5) is 0 Å². The van der Waals surface area contributed by atoms with Gasteiger partial charge in [-0.1, -0.05) is 18.6 Å². The molecule has 15 heavy (non-hydrogen) atoms. The van der Waals surface area contributed by atoms with Crippen molar-refractivity contribution in [3.63, 3.8) is 0 Å². The summed E-state index contributed by atoms with van der Waals surface area (Å²) in [7, 11) is 0. The van der Waals surface area contributed by atoms with Crippen LogP contribution in [-0.2, 0) is 4.79 Å². The third kappa shape index (κ3) is 2.91. The van der Waals surface area contributed by atoms with Gasteiger partial charge in [0.05, 0.1) is 4.99 Å². The Kier molecular flexibility index (Phi) is 3.24. The van der Waals surface area contributed by atoms with E-state index in [0.717, 1.165) is 19.3 Å². The van der Waals surface area contributed by atoms with E-state index in [0.29, 0.717) is 17.3 Å². The minimum Gasteiger partial charge on any atom is -0.393 e. The highest BCUT2D eigenvalue weighted by molar-refractivity contribution is 7.80. The summed E-state index contributed by atoms with van der Waals surface area (Å²) in [6.07, 6.45) is 6.31. The molecule has 0 bridgehead atoms. The molecule has 0 aromatic carbocycles. The molecule has 0 saturated heterocycles. The second-order valence-electron chi connectivity index (χ2n) is 4.76. The normalized spacial score (nSPS) is 30.1. The van der Waals surface area contributed by atoms with Gasteiger partial charge in [0.15, 0.2) is 0 Å². The molecule has 2 atom stereocenters. The van der Waals surface area contributed by atoms with Crippen molar-refractivity contribution in [2.75, 3.05) is 0 Å². The van der Waals surface area contributed by atoms with Crippen LogP contribution in [0.1, 0.15) is 38.5 Å². The van der Waals surface area contributed by atoms with Gasteiger partial charge in [-0.3, -0.25) is 4.79 Å². The van der Waals surface area contributed by atoms with Crippen molar-refractivity contribution in [2.45, 2.75) is 44.6 Å². The number of amides is 1. The van der Waals surface area contributed by atoms with Crippen molar-refractivity contribution >= 4 is 23.1 Å². The number of nitrogens with two attached hydrogens (primary N) is 1. The fourth-order valence-corrected chi connectivity index (χ4v) is 2.61. The number of thiocarbonyl (C=S) groups is 1. The van der Waals surface area contributed by atoms with E-state index in [1.54, 1.807) is 0 Å². The van der Waals surface area contributed by atoms with Crippen LogP contribution in [0.3, 0.4) is 0 Å². The quantitative estimate of drug-likeness (QED) is 0.712. The number of hydrogen-bond donors (Lipinski definition) is 2. The predicted octanol–water partition coefficient (Wildman–Crippen LogP) is 1.36. The number of carbonyl (C=O) groups excluding carboxylic acids is 1. The third-order valence-electron chi connectivity index (χ3n) is 3.40. The molecule has 2 fully saturated rings. The number of nitrogens with one attached hydrogen (secondary N) is 1. The third-order valence-corrected chi connectivity index (χ3v) is 3.70. The van der Waals surface area contributed by atoms with Gasteiger partial charge >= 0.3 is 0 Å². The molecule has 1 amide bonds. The maximum Gasteiger partial charge on any atom is 0.220 e. The number of rotatable bonds is 4. The molecule has 0 spiro atoms. The largest absolute Gasteiger partial charge is 0.393 e. The molecule has 84 valence electrons. The lowest BCUT2D eigenvalue weighted by molar-refractivity contribution is -0.122. The van der Waals surface area contributed by atoms with E-state index in [-0.39, 0.29) is 17.9 Å². The maximum atomic E-state index is 11.6. The van der Waals surface area contributed by atoms with Crippen molar-refractivity contribution in [2.24, 2.45) is 17.6 Å². The monoisotopic (exact) mass is 226 g/mol. The molecular formula is C11H18N2OS. The molecule has 2 rings (SSSR count). The highest BCUT2D eigenvalue weighted by Crippen LogP contribution is 2.32. The Balaban J connectivity index is 1.81. The molecule has 0 radical (unpaired) electrons. The van der Waals surface area contributed by atoms with Gasteiger partial charge < -0.3 is 11.1 Å². The lowest BCUT2D eigenvalue weighted by atomic mass is 10.0. The molecule has 0 aromatic rings. The molecular weight excluding hydrogens is 208 g/mol. The summed E-state index contributed by atoms with van der Waals surface area (Å²) in [5.41, 5.74) is 5.66. The number of hydrogen-bond acceptors (Lipinski definition) is 2. The van der Waals surface area contributed by atoms with Crippen molar-refractivity contribution in [3.05, 3.63) is 0 Å². The first-order chi connectivity index (χ1) is 7.16. The SMILES string of the molecule is NC(=S)C1CCCC1NC(=O)CC1CC1. The molecule has 0 aliphatic heterocycles. The van der Waals surface area contributed by atoms with E-state index in [9.17, 15) is 4.79 Å². The summed E-state index contributed by atoms with van der Waals surface area (Å²) in [4.78, 5) is 12.2. The molecule has 4 heteroatoms. The lowest BCUT2D eigenvalue weighted by Crippen LogP contribution is -2.41. The van der Waals surface area contributed by atoms with Crippen LogP contribution in [0, 0.1) is 11.8 Å². The Bertz CT molecular complexity index is 276. The van der Waals surface area contributed by atoms with Crippen LogP contribution < -0.4 is 11.1 Å². The summed E-state index contributed by atoms with van der Waals surface area (Å²) >= 11 is 5.01. The zero-order valence-electron chi connectivity index (χ0n) is 8.87. The van der Waals surface area contributed by atoms with Gasteiger partial charge in [-0.25, -0.2) is 0 Å². The van der Waals surface area contributed by atoms with E-state index in [1.165, 1.54) is 12.8 Å². The zero-order chi connectivity index (χ0) is 10.8. The highest BCUT2D eigenvalue weighted by atomic mass is 32.1.